The molecule has 0 unspecified atom stereocenters. The summed E-state index contributed by atoms with van der Waals surface area (Å²) in [5.74, 6) is 1.06. The van der Waals surface area contributed by atoms with E-state index < -0.39 is 0 Å². The normalized spacial score (nSPS) is 13.8. The largest absolute Gasteiger partial charge is 0.357 e. The van der Waals surface area contributed by atoms with Crippen molar-refractivity contribution >= 4 is 17.6 Å². The van der Waals surface area contributed by atoms with Crippen LogP contribution in [0.25, 0.3) is 0 Å². The smallest absolute Gasteiger partial charge is 0.227 e. The Bertz CT molecular complexity index is 542. The molecule has 126 valence electrons. The van der Waals surface area contributed by atoms with Gasteiger partial charge in [0.15, 0.2) is 5.96 Å². The zero-order chi connectivity index (χ0) is 16.5. The van der Waals surface area contributed by atoms with Crippen LogP contribution in [0.1, 0.15) is 38.7 Å². The van der Waals surface area contributed by atoms with Gasteiger partial charge in [-0.2, -0.15) is 0 Å². The highest BCUT2D eigenvalue weighted by Crippen LogP contribution is 2.27. The number of fused-ring (bicyclic) bond motifs is 1. The minimum absolute atomic E-state index is 0.215. The van der Waals surface area contributed by atoms with Crippen molar-refractivity contribution in [2.75, 3.05) is 31.1 Å². The average Bonchev–Trinajstić information content (AvgIpc) is 3.00. The fourth-order valence-corrected chi connectivity index (χ4v) is 2.74. The molecule has 0 saturated heterocycles. The number of benzene rings is 1. The van der Waals surface area contributed by atoms with Crippen molar-refractivity contribution < 1.29 is 4.79 Å². The number of nitrogens with zero attached hydrogens (tertiary/aromatic N) is 2. The summed E-state index contributed by atoms with van der Waals surface area (Å²) in [6.45, 7) is 7.40. The van der Waals surface area contributed by atoms with Gasteiger partial charge in [-0.25, -0.2) is 0 Å². The molecule has 2 rings (SSSR count). The molecule has 0 aliphatic carbocycles. The first kappa shape index (κ1) is 17.3. The van der Waals surface area contributed by atoms with E-state index in [0.29, 0.717) is 6.42 Å². The minimum Gasteiger partial charge on any atom is -0.357 e. The maximum atomic E-state index is 12.4. The average molecular weight is 316 g/mol. The number of carbonyl (C=O) groups excluding carboxylic acids is 1. The third kappa shape index (κ3) is 4.98. The monoisotopic (exact) mass is 316 g/mol. The molecule has 0 atom stereocenters. The van der Waals surface area contributed by atoms with Crippen LogP contribution in [0, 0.1) is 0 Å². The summed E-state index contributed by atoms with van der Waals surface area (Å²) in [7, 11) is 0. The molecule has 5 nitrogen and oxygen atoms in total. The second-order valence-electron chi connectivity index (χ2n) is 5.72. The van der Waals surface area contributed by atoms with Crippen molar-refractivity contribution in [2.24, 2.45) is 4.99 Å². The lowest BCUT2D eigenvalue weighted by molar-refractivity contribution is -0.118. The predicted molar refractivity (Wildman–Crippen MR) is 96.0 cm³/mol. The number of aliphatic imine (C=N–C) groups is 1. The van der Waals surface area contributed by atoms with Crippen LogP contribution in [0.15, 0.2) is 29.3 Å². The maximum Gasteiger partial charge on any atom is 0.227 e. The van der Waals surface area contributed by atoms with Gasteiger partial charge in [-0.1, -0.05) is 25.1 Å². The van der Waals surface area contributed by atoms with Crippen LogP contribution >= 0.6 is 0 Å². The van der Waals surface area contributed by atoms with Gasteiger partial charge in [0.05, 0.1) is 0 Å². The Morgan fingerprint density at radius 2 is 2.09 bits per heavy atom. The van der Waals surface area contributed by atoms with Gasteiger partial charge in [0.2, 0.25) is 5.91 Å². The maximum absolute atomic E-state index is 12.4. The first-order chi connectivity index (χ1) is 11.3. The Labute approximate surface area is 139 Å². The van der Waals surface area contributed by atoms with Gasteiger partial charge < -0.3 is 15.5 Å². The highest BCUT2D eigenvalue weighted by atomic mass is 16.2. The van der Waals surface area contributed by atoms with Gasteiger partial charge in [-0.05, 0) is 37.8 Å². The zero-order valence-electron chi connectivity index (χ0n) is 14.3. The van der Waals surface area contributed by atoms with Crippen molar-refractivity contribution in [1.82, 2.24) is 10.6 Å². The summed E-state index contributed by atoms with van der Waals surface area (Å²) >= 11 is 0. The van der Waals surface area contributed by atoms with E-state index in [-0.39, 0.29) is 5.91 Å². The molecule has 0 fully saturated rings. The molecule has 1 amide bonds. The van der Waals surface area contributed by atoms with Crippen LogP contribution < -0.4 is 15.5 Å². The number of amides is 1. The zero-order valence-corrected chi connectivity index (χ0v) is 14.3. The molecule has 0 bridgehead atoms. The number of hydrogen-bond donors (Lipinski definition) is 2. The molecule has 0 saturated carbocycles. The van der Waals surface area contributed by atoms with Gasteiger partial charge >= 0.3 is 0 Å². The van der Waals surface area contributed by atoms with E-state index in [1.54, 1.807) is 0 Å². The third-order valence-electron chi connectivity index (χ3n) is 3.89. The van der Waals surface area contributed by atoms with Gasteiger partial charge in [0.25, 0.3) is 0 Å². The summed E-state index contributed by atoms with van der Waals surface area (Å²) in [5, 5.41) is 6.51. The fourth-order valence-electron chi connectivity index (χ4n) is 2.74. The standard InChI is InChI=1S/C18H28N4O/c1-3-12-20-18(19-4-2)21-13-7-10-17(23)22-14-11-15-8-5-6-9-16(15)22/h5-6,8-9H,3-4,7,10-14H2,1-2H3,(H2,19,20,21). The van der Waals surface area contributed by atoms with E-state index in [4.69, 9.17) is 0 Å². The van der Waals surface area contributed by atoms with Crippen molar-refractivity contribution in [3.8, 4) is 0 Å². The first-order valence-corrected chi connectivity index (χ1v) is 8.66. The number of guanidine groups is 1. The molecule has 1 aromatic carbocycles. The topological polar surface area (TPSA) is 56.7 Å². The summed E-state index contributed by atoms with van der Waals surface area (Å²) < 4.78 is 0. The number of nitrogens with one attached hydrogen (secondary N) is 2. The summed E-state index contributed by atoms with van der Waals surface area (Å²) in [6, 6.07) is 8.18. The van der Waals surface area contributed by atoms with E-state index in [1.807, 2.05) is 23.1 Å². The molecule has 5 heteroatoms. The first-order valence-electron chi connectivity index (χ1n) is 8.66. The van der Waals surface area contributed by atoms with Gasteiger partial charge in [-0.3, -0.25) is 9.79 Å². The number of rotatable bonds is 7. The molecule has 1 heterocycles. The number of para-hydroxylation sites is 1. The van der Waals surface area contributed by atoms with E-state index in [2.05, 4.69) is 35.5 Å². The second-order valence-corrected chi connectivity index (χ2v) is 5.72. The summed E-state index contributed by atoms with van der Waals surface area (Å²) in [6.07, 6.45) is 3.38. The molecular formula is C18H28N4O. The minimum atomic E-state index is 0.215. The van der Waals surface area contributed by atoms with Crippen molar-refractivity contribution in [2.45, 2.75) is 39.5 Å². The van der Waals surface area contributed by atoms with Crippen LogP contribution in [0.2, 0.25) is 0 Å². The number of anilines is 1. The van der Waals surface area contributed by atoms with Crippen molar-refractivity contribution in [3.63, 3.8) is 0 Å². The molecule has 1 aromatic rings. The van der Waals surface area contributed by atoms with E-state index in [0.717, 1.165) is 57.1 Å². The highest BCUT2D eigenvalue weighted by molar-refractivity contribution is 5.95. The van der Waals surface area contributed by atoms with Crippen LogP contribution in [0.5, 0.6) is 0 Å². The van der Waals surface area contributed by atoms with E-state index >= 15 is 0 Å². The Morgan fingerprint density at radius 1 is 1.26 bits per heavy atom. The Balaban J connectivity index is 1.75. The lowest BCUT2D eigenvalue weighted by Gasteiger charge is -2.17. The molecule has 0 spiro atoms. The number of hydrogen-bond acceptors (Lipinski definition) is 2. The molecule has 1 aliphatic rings. The second kappa shape index (κ2) is 9.18. The van der Waals surface area contributed by atoms with E-state index in [9.17, 15) is 4.79 Å². The summed E-state index contributed by atoms with van der Waals surface area (Å²) in [5.41, 5.74) is 2.36. The molecular weight excluding hydrogens is 288 g/mol. The molecule has 2 N–H and O–H groups in total. The fraction of sp³-hybridized carbons (Fsp3) is 0.556. The van der Waals surface area contributed by atoms with Crippen LogP contribution in [0.3, 0.4) is 0 Å². The number of carbonyl (C=O) groups is 1. The molecule has 23 heavy (non-hydrogen) atoms. The Hall–Kier alpha value is -2.04. The van der Waals surface area contributed by atoms with Crippen LogP contribution in [-0.2, 0) is 11.2 Å². The quantitative estimate of drug-likeness (QED) is 0.461. The van der Waals surface area contributed by atoms with E-state index in [1.165, 1.54) is 5.56 Å². The highest BCUT2D eigenvalue weighted by Gasteiger charge is 2.23. The molecule has 0 radical (unpaired) electrons. The molecule has 0 aromatic heterocycles. The van der Waals surface area contributed by atoms with Crippen molar-refractivity contribution in [1.29, 1.82) is 0 Å². The summed E-state index contributed by atoms with van der Waals surface area (Å²) in [4.78, 5) is 18.8. The van der Waals surface area contributed by atoms with Crippen LogP contribution in [-0.4, -0.2) is 38.0 Å². The Kier molecular flexibility index (Phi) is 6.91. The van der Waals surface area contributed by atoms with Crippen LogP contribution in [0.4, 0.5) is 5.69 Å². The third-order valence-corrected chi connectivity index (χ3v) is 3.89. The molecule has 1 aliphatic heterocycles. The van der Waals surface area contributed by atoms with Gasteiger partial charge in [-0.15, -0.1) is 0 Å². The van der Waals surface area contributed by atoms with Gasteiger partial charge in [0, 0.05) is 38.3 Å². The van der Waals surface area contributed by atoms with Crippen molar-refractivity contribution in [3.05, 3.63) is 29.8 Å². The predicted octanol–water partition coefficient (Wildman–Crippen LogP) is 2.32. The SMILES string of the molecule is CCCN=C(NCC)NCCCC(=O)N1CCc2ccccc21. The lowest BCUT2D eigenvalue weighted by Crippen LogP contribution is -2.38. The Morgan fingerprint density at radius 3 is 2.87 bits per heavy atom. The lowest BCUT2D eigenvalue weighted by atomic mass is 10.2. The van der Waals surface area contributed by atoms with Gasteiger partial charge in [0.1, 0.15) is 0 Å².